The van der Waals surface area contributed by atoms with Crippen LogP contribution in [0, 0.1) is 6.92 Å². The fourth-order valence-corrected chi connectivity index (χ4v) is 1.03. The third-order valence-corrected chi connectivity index (χ3v) is 2.50. The summed E-state index contributed by atoms with van der Waals surface area (Å²) in [6.07, 6.45) is 2.07. The van der Waals surface area contributed by atoms with Crippen LogP contribution in [0.5, 0.6) is 0 Å². The van der Waals surface area contributed by atoms with Crippen LogP contribution in [0.15, 0.2) is 4.42 Å². The van der Waals surface area contributed by atoms with Crippen LogP contribution in [0.2, 0.25) is 0 Å². The van der Waals surface area contributed by atoms with Crippen LogP contribution in [0.25, 0.3) is 0 Å². The second kappa shape index (κ2) is 3.77. The molecule has 0 saturated carbocycles. The minimum atomic E-state index is 0.0545. The number of aromatic nitrogens is 2. The Morgan fingerprint density at radius 3 is 2.31 bits per heavy atom. The molecule has 0 bridgehead atoms. The van der Waals surface area contributed by atoms with Crippen LogP contribution in [0.1, 0.15) is 39.5 Å². The molecule has 0 aliphatic rings. The van der Waals surface area contributed by atoms with Crippen molar-refractivity contribution in [2.75, 3.05) is 5.32 Å². The van der Waals surface area contributed by atoms with Crippen molar-refractivity contribution in [2.45, 2.75) is 46.1 Å². The number of hydrogen-bond donors (Lipinski definition) is 1. The topological polar surface area (TPSA) is 51.0 Å². The molecule has 0 aliphatic heterocycles. The molecule has 1 aromatic heterocycles. The molecule has 0 unspecified atom stereocenters. The van der Waals surface area contributed by atoms with E-state index in [2.05, 4.69) is 36.3 Å². The maximum absolute atomic E-state index is 5.25. The average molecular weight is 183 g/mol. The third-order valence-electron chi connectivity index (χ3n) is 2.50. The monoisotopic (exact) mass is 183 g/mol. The van der Waals surface area contributed by atoms with Crippen molar-refractivity contribution in [3.8, 4) is 0 Å². The van der Waals surface area contributed by atoms with Crippen molar-refractivity contribution < 1.29 is 4.42 Å². The standard InChI is InChI=1S/C9H17N3O/c1-5-9(4,6-2)10-8-12-11-7(3)13-8/h5-6H2,1-4H3,(H,10,12). The lowest BCUT2D eigenvalue weighted by Gasteiger charge is -2.26. The van der Waals surface area contributed by atoms with Gasteiger partial charge in [-0.15, -0.1) is 5.10 Å². The molecule has 0 radical (unpaired) electrons. The molecule has 1 N–H and O–H groups in total. The van der Waals surface area contributed by atoms with Gasteiger partial charge in [0.15, 0.2) is 0 Å². The fourth-order valence-electron chi connectivity index (χ4n) is 1.03. The highest BCUT2D eigenvalue weighted by molar-refractivity contribution is 5.22. The summed E-state index contributed by atoms with van der Waals surface area (Å²) in [6, 6.07) is 0.517. The van der Waals surface area contributed by atoms with Crippen molar-refractivity contribution in [3.05, 3.63) is 5.89 Å². The second-order valence-corrected chi connectivity index (χ2v) is 3.52. The molecular formula is C9H17N3O. The third kappa shape index (κ3) is 2.44. The SMILES string of the molecule is CCC(C)(CC)Nc1nnc(C)o1. The van der Waals surface area contributed by atoms with E-state index in [1.807, 2.05) is 0 Å². The zero-order chi connectivity index (χ0) is 9.90. The van der Waals surface area contributed by atoms with Crippen LogP contribution in [-0.2, 0) is 0 Å². The molecule has 0 spiro atoms. The van der Waals surface area contributed by atoms with Gasteiger partial charge in [-0.25, -0.2) is 0 Å². The summed E-state index contributed by atoms with van der Waals surface area (Å²) in [6.45, 7) is 8.21. The Morgan fingerprint density at radius 1 is 1.31 bits per heavy atom. The normalized spacial score (nSPS) is 11.7. The molecule has 74 valence electrons. The summed E-state index contributed by atoms with van der Waals surface area (Å²) in [5.74, 6) is 0.594. The van der Waals surface area contributed by atoms with Gasteiger partial charge in [-0.3, -0.25) is 0 Å². The van der Waals surface area contributed by atoms with Crippen molar-refractivity contribution in [3.63, 3.8) is 0 Å². The molecule has 0 saturated heterocycles. The van der Waals surface area contributed by atoms with Gasteiger partial charge in [0.25, 0.3) is 0 Å². The van der Waals surface area contributed by atoms with Gasteiger partial charge >= 0.3 is 6.01 Å². The molecule has 1 aromatic rings. The summed E-state index contributed by atoms with van der Waals surface area (Å²) < 4.78 is 5.25. The van der Waals surface area contributed by atoms with E-state index in [1.165, 1.54) is 0 Å². The Morgan fingerprint density at radius 2 is 1.92 bits per heavy atom. The largest absolute Gasteiger partial charge is 0.408 e. The molecule has 0 amide bonds. The smallest absolute Gasteiger partial charge is 0.315 e. The molecule has 0 fully saturated rings. The van der Waals surface area contributed by atoms with E-state index in [4.69, 9.17) is 4.42 Å². The number of aryl methyl sites for hydroxylation is 1. The van der Waals surface area contributed by atoms with E-state index >= 15 is 0 Å². The summed E-state index contributed by atoms with van der Waals surface area (Å²) in [7, 11) is 0. The van der Waals surface area contributed by atoms with E-state index < -0.39 is 0 Å². The van der Waals surface area contributed by atoms with Gasteiger partial charge in [-0.05, 0) is 19.8 Å². The summed E-state index contributed by atoms with van der Waals surface area (Å²) in [5, 5.41) is 10.9. The second-order valence-electron chi connectivity index (χ2n) is 3.52. The van der Waals surface area contributed by atoms with Gasteiger partial charge in [-0.2, -0.15) is 0 Å². The Labute approximate surface area is 78.7 Å². The molecule has 1 heterocycles. The zero-order valence-electron chi connectivity index (χ0n) is 8.72. The molecule has 1 rings (SSSR count). The molecule has 0 atom stereocenters. The van der Waals surface area contributed by atoms with Crippen LogP contribution in [0.3, 0.4) is 0 Å². The lowest BCUT2D eigenvalue weighted by atomic mass is 9.96. The average Bonchev–Trinajstić information content (AvgIpc) is 2.51. The van der Waals surface area contributed by atoms with E-state index in [9.17, 15) is 0 Å². The first-order chi connectivity index (χ1) is 6.09. The zero-order valence-corrected chi connectivity index (χ0v) is 8.72. The number of nitrogens with one attached hydrogen (secondary N) is 1. The van der Waals surface area contributed by atoms with E-state index in [1.54, 1.807) is 6.92 Å². The fraction of sp³-hybridized carbons (Fsp3) is 0.778. The predicted molar refractivity (Wildman–Crippen MR) is 51.6 cm³/mol. The first-order valence-corrected chi connectivity index (χ1v) is 4.68. The first-order valence-electron chi connectivity index (χ1n) is 4.68. The lowest BCUT2D eigenvalue weighted by molar-refractivity contribution is 0.443. The molecule has 0 aliphatic carbocycles. The number of anilines is 1. The predicted octanol–water partition coefficient (Wildman–Crippen LogP) is 2.37. The maximum atomic E-state index is 5.25. The summed E-state index contributed by atoms with van der Waals surface area (Å²) >= 11 is 0. The van der Waals surface area contributed by atoms with Crippen LogP contribution >= 0.6 is 0 Å². The number of nitrogens with zero attached hydrogens (tertiary/aromatic N) is 2. The van der Waals surface area contributed by atoms with E-state index in [0.29, 0.717) is 11.9 Å². The highest BCUT2D eigenvalue weighted by Crippen LogP contribution is 2.20. The minimum Gasteiger partial charge on any atom is -0.408 e. The first kappa shape index (κ1) is 10.0. The van der Waals surface area contributed by atoms with Gasteiger partial charge < -0.3 is 9.73 Å². The van der Waals surface area contributed by atoms with Crippen LogP contribution < -0.4 is 5.32 Å². The van der Waals surface area contributed by atoms with Crippen molar-refractivity contribution in [1.29, 1.82) is 0 Å². The quantitative estimate of drug-likeness (QED) is 0.778. The van der Waals surface area contributed by atoms with Gasteiger partial charge in [0.1, 0.15) is 0 Å². The Balaban J connectivity index is 2.67. The molecule has 4 heteroatoms. The van der Waals surface area contributed by atoms with Crippen LogP contribution in [0.4, 0.5) is 6.01 Å². The molecular weight excluding hydrogens is 166 g/mol. The molecule has 13 heavy (non-hydrogen) atoms. The minimum absolute atomic E-state index is 0.0545. The van der Waals surface area contributed by atoms with Crippen molar-refractivity contribution in [2.24, 2.45) is 0 Å². The Bertz CT molecular complexity index is 266. The van der Waals surface area contributed by atoms with Gasteiger partial charge in [-0.1, -0.05) is 18.9 Å². The summed E-state index contributed by atoms with van der Waals surface area (Å²) in [5.41, 5.74) is 0.0545. The number of hydrogen-bond acceptors (Lipinski definition) is 4. The van der Waals surface area contributed by atoms with E-state index in [-0.39, 0.29) is 5.54 Å². The highest BCUT2D eigenvalue weighted by atomic mass is 16.4. The lowest BCUT2D eigenvalue weighted by Crippen LogP contribution is -2.33. The maximum Gasteiger partial charge on any atom is 0.315 e. The van der Waals surface area contributed by atoms with Crippen molar-refractivity contribution in [1.82, 2.24) is 10.2 Å². The van der Waals surface area contributed by atoms with Gasteiger partial charge in [0.2, 0.25) is 5.89 Å². The molecule has 4 nitrogen and oxygen atoms in total. The number of rotatable bonds is 4. The summed E-state index contributed by atoms with van der Waals surface area (Å²) in [4.78, 5) is 0. The van der Waals surface area contributed by atoms with E-state index in [0.717, 1.165) is 12.8 Å². The van der Waals surface area contributed by atoms with Gasteiger partial charge in [0.05, 0.1) is 0 Å². The van der Waals surface area contributed by atoms with Gasteiger partial charge in [0, 0.05) is 12.5 Å². The Kier molecular flexibility index (Phi) is 2.90. The highest BCUT2D eigenvalue weighted by Gasteiger charge is 2.21. The Hall–Kier alpha value is -1.06. The van der Waals surface area contributed by atoms with Crippen LogP contribution in [-0.4, -0.2) is 15.7 Å². The van der Waals surface area contributed by atoms with Crippen molar-refractivity contribution >= 4 is 6.01 Å². The molecule has 0 aromatic carbocycles.